The number of nitrogens with two attached hydrogens (primary N) is 6. The number of primary amides is 1. The van der Waals surface area contributed by atoms with Crippen LogP contribution in [0.2, 0.25) is 0 Å². The number of carboxylic acids is 1. The Morgan fingerprint density at radius 3 is 1.07 bits per heavy atom. The van der Waals surface area contributed by atoms with Crippen molar-refractivity contribution in [2.24, 2.45) is 34.4 Å². The molecule has 4 aromatic carbocycles. The molecule has 4 atom stereocenters. The van der Waals surface area contributed by atoms with Crippen molar-refractivity contribution in [1.29, 1.82) is 0 Å². The average Bonchev–Trinajstić information content (AvgIpc) is 3.25. The van der Waals surface area contributed by atoms with E-state index < -0.39 is 84.0 Å². The summed E-state index contributed by atoms with van der Waals surface area (Å²) in [5.41, 5.74) is 34.7. The van der Waals surface area contributed by atoms with E-state index >= 15 is 0 Å². The first kappa shape index (κ1) is 68.6. The van der Waals surface area contributed by atoms with Crippen molar-refractivity contribution in [3.63, 3.8) is 0 Å². The van der Waals surface area contributed by atoms with E-state index in [0.717, 1.165) is 12.8 Å². The second-order valence-electron chi connectivity index (χ2n) is 19.6. The summed E-state index contributed by atoms with van der Waals surface area (Å²) < 4.78 is 21.6. The SMILES string of the molecule is COc1ccc(NC(=O)[C@H](CCCCN)NC(=O)c2cc(NC(=O)[C@H](CCCCN)NC(=O)c3cc(NC(=O)[C@H](CCCCN)NC(=O)c4cc(NC(=O)[C@@H](N)CCCCCN)ccc4OC)ccc3OCC(=O)O)ccc2OC)cc1C(N)=O. The van der Waals surface area contributed by atoms with Crippen LogP contribution in [0.25, 0.3) is 0 Å². The predicted molar refractivity (Wildman–Crippen MR) is 320 cm³/mol. The van der Waals surface area contributed by atoms with E-state index in [-0.39, 0.29) is 93.8 Å². The van der Waals surface area contributed by atoms with Gasteiger partial charge in [-0.3, -0.25) is 38.4 Å². The van der Waals surface area contributed by atoms with Crippen LogP contribution in [-0.4, -0.2) is 137 Å². The van der Waals surface area contributed by atoms with E-state index in [9.17, 15) is 48.3 Å². The molecule has 0 saturated heterocycles. The minimum Gasteiger partial charge on any atom is -0.496 e. The molecule has 20 N–H and O–H groups in total. The van der Waals surface area contributed by atoms with Gasteiger partial charge in [0.15, 0.2) is 6.61 Å². The number of ether oxygens (including phenoxy) is 4. The summed E-state index contributed by atoms with van der Waals surface area (Å²) in [6.45, 7) is 0.531. The summed E-state index contributed by atoms with van der Waals surface area (Å²) in [6.07, 6.45) is 5.74. The molecule has 0 heterocycles. The highest BCUT2D eigenvalue weighted by Crippen LogP contribution is 2.28. The van der Waals surface area contributed by atoms with Crippen LogP contribution < -0.4 is 90.6 Å². The number of carboxylic acid groups (broad SMARTS) is 1. The maximum absolute atomic E-state index is 14.4. The van der Waals surface area contributed by atoms with Crippen LogP contribution in [-0.2, 0) is 24.0 Å². The molecule has 0 aliphatic carbocycles. The van der Waals surface area contributed by atoms with Crippen LogP contribution in [0.1, 0.15) is 125 Å². The van der Waals surface area contributed by atoms with E-state index in [4.69, 9.17) is 53.3 Å². The molecule has 0 fully saturated rings. The molecule has 85 heavy (non-hydrogen) atoms. The molecule has 462 valence electrons. The summed E-state index contributed by atoms with van der Waals surface area (Å²) in [5.74, 6) is -6.93. The van der Waals surface area contributed by atoms with Gasteiger partial charge in [0.2, 0.25) is 23.6 Å². The molecule has 0 saturated carbocycles. The van der Waals surface area contributed by atoms with Crippen molar-refractivity contribution in [1.82, 2.24) is 16.0 Å². The largest absolute Gasteiger partial charge is 0.496 e. The standard InChI is InChI=1S/C58H81N13O14/c1-82-46-21-17-34(29-38(46)51(64)74)66-56(79)43(14-6-10-26-60)69-53(76)40-31-36(19-23-48(40)84-3)67-58(81)45(16-8-12-28-62)71-54(77)41-32-37(20-24-49(41)85-33-50(72)73)68-57(80)44(15-7-11-27-61)70-52(75)39-30-35(18-22-47(39)83-2)65-55(78)42(63)13-5-4-9-25-59/h17-24,29-32,42-45H,4-16,25-28,33,59-63H2,1-3H3,(H2,64,74)(H,65,78)(H,66,79)(H,67,81)(H,68,80)(H,69,76)(H,70,75)(H,71,77)(H,72,73)/t42-,43-,44-,45-/m0/s1. The molecule has 8 amide bonds. The van der Waals surface area contributed by atoms with Gasteiger partial charge in [0.25, 0.3) is 23.6 Å². The van der Waals surface area contributed by atoms with Gasteiger partial charge in [-0.1, -0.05) is 12.8 Å². The van der Waals surface area contributed by atoms with Crippen LogP contribution in [0.4, 0.5) is 22.7 Å². The highest BCUT2D eigenvalue weighted by Gasteiger charge is 2.29. The molecule has 0 bridgehead atoms. The van der Waals surface area contributed by atoms with Crippen molar-refractivity contribution >= 4 is 76.0 Å². The summed E-state index contributed by atoms with van der Waals surface area (Å²) in [4.78, 5) is 121. The fraction of sp³-hybridized carbons (Fsp3) is 0.431. The number of rotatable bonds is 38. The number of amides is 8. The number of anilines is 4. The molecular formula is C58H81N13O14. The molecule has 0 aliphatic heterocycles. The number of aliphatic carboxylic acids is 1. The smallest absolute Gasteiger partial charge is 0.341 e. The zero-order chi connectivity index (χ0) is 62.4. The van der Waals surface area contributed by atoms with Crippen molar-refractivity contribution < 1.29 is 67.2 Å². The molecule has 0 spiro atoms. The maximum atomic E-state index is 14.4. The third kappa shape index (κ3) is 22.0. The van der Waals surface area contributed by atoms with E-state index in [1.807, 2.05) is 0 Å². The molecule has 27 heteroatoms. The molecule has 4 rings (SSSR count). The molecule has 0 radical (unpaired) electrons. The summed E-state index contributed by atoms with van der Waals surface area (Å²) in [7, 11) is 4.03. The van der Waals surface area contributed by atoms with E-state index in [2.05, 4.69) is 37.2 Å². The fourth-order valence-corrected chi connectivity index (χ4v) is 8.69. The third-order valence-corrected chi connectivity index (χ3v) is 13.3. The predicted octanol–water partition coefficient (Wildman–Crippen LogP) is 2.66. The highest BCUT2D eigenvalue weighted by molar-refractivity contribution is 6.07. The van der Waals surface area contributed by atoms with Gasteiger partial charge in [-0.05, 0) is 170 Å². The van der Waals surface area contributed by atoms with Crippen LogP contribution in [0, 0.1) is 0 Å². The lowest BCUT2D eigenvalue weighted by atomic mass is 10.1. The van der Waals surface area contributed by atoms with Crippen LogP contribution >= 0.6 is 0 Å². The van der Waals surface area contributed by atoms with Gasteiger partial charge in [-0.2, -0.15) is 0 Å². The van der Waals surface area contributed by atoms with Gasteiger partial charge >= 0.3 is 5.97 Å². The summed E-state index contributed by atoms with van der Waals surface area (Å²) in [6, 6.07) is 12.3. The normalized spacial score (nSPS) is 12.2. The van der Waals surface area contributed by atoms with Crippen LogP contribution in [0.5, 0.6) is 23.0 Å². The summed E-state index contributed by atoms with van der Waals surface area (Å²) >= 11 is 0. The maximum Gasteiger partial charge on any atom is 0.341 e. The lowest BCUT2D eigenvalue weighted by Gasteiger charge is -2.22. The lowest BCUT2D eigenvalue weighted by molar-refractivity contribution is -0.139. The van der Waals surface area contributed by atoms with E-state index in [1.54, 1.807) is 0 Å². The Kier molecular flexibility index (Phi) is 29.0. The molecule has 4 aromatic rings. The van der Waals surface area contributed by atoms with E-state index in [0.29, 0.717) is 71.0 Å². The Morgan fingerprint density at radius 2 is 0.729 bits per heavy atom. The first-order valence-electron chi connectivity index (χ1n) is 27.9. The fourth-order valence-electron chi connectivity index (χ4n) is 8.69. The quantitative estimate of drug-likeness (QED) is 0.0287. The second-order valence-corrected chi connectivity index (χ2v) is 19.6. The summed E-state index contributed by atoms with van der Waals surface area (Å²) in [5, 5.41) is 28.5. The minimum atomic E-state index is -1.37. The third-order valence-electron chi connectivity index (χ3n) is 13.3. The molecular weight excluding hydrogens is 1100 g/mol. The van der Waals surface area contributed by atoms with Gasteiger partial charge in [-0.25, -0.2) is 4.79 Å². The number of hydrogen-bond donors (Lipinski definition) is 14. The number of unbranched alkanes of at least 4 members (excludes halogenated alkanes) is 5. The Bertz CT molecular complexity index is 2940. The Labute approximate surface area is 493 Å². The number of hydrogen-bond acceptors (Lipinski definition) is 18. The number of benzene rings is 4. The molecule has 27 nitrogen and oxygen atoms in total. The van der Waals surface area contributed by atoms with Crippen LogP contribution in [0.15, 0.2) is 72.8 Å². The highest BCUT2D eigenvalue weighted by atomic mass is 16.5. The monoisotopic (exact) mass is 1180 g/mol. The van der Waals surface area contributed by atoms with Crippen LogP contribution in [0.3, 0.4) is 0 Å². The van der Waals surface area contributed by atoms with Gasteiger partial charge in [0.05, 0.1) is 49.6 Å². The van der Waals surface area contributed by atoms with Crippen molar-refractivity contribution in [2.45, 2.75) is 108 Å². The number of carbonyl (C=O) groups is 9. The minimum absolute atomic E-state index is 0.00893. The van der Waals surface area contributed by atoms with Crippen molar-refractivity contribution in [3.05, 3.63) is 95.1 Å². The van der Waals surface area contributed by atoms with Gasteiger partial charge in [0.1, 0.15) is 41.1 Å². The average molecular weight is 1180 g/mol. The first-order valence-corrected chi connectivity index (χ1v) is 27.9. The Morgan fingerprint density at radius 1 is 0.424 bits per heavy atom. The Hall–Kier alpha value is -8.89. The van der Waals surface area contributed by atoms with E-state index in [1.165, 1.54) is 94.1 Å². The van der Waals surface area contributed by atoms with Crippen molar-refractivity contribution in [2.75, 3.05) is 75.4 Å². The lowest BCUT2D eigenvalue weighted by Crippen LogP contribution is -2.44. The second kappa shape index (κ2) is 36.0. The zero-order valence-corrected chi connectivity index (χ0v) is 48.2. The Balaban J connectivity index is 1.60. The van der Waals surface area contributed by atoms with Crippen molar-refractivity contribution in [3.8, 4) is 23.0 Å². The number of carbonyl (C=O) groups excluding carboxylic acids is 8. The van der Waals surface area contributed by atoms with Gasteiger partial charge < -0.3 is 95.7 Å². The molecule has 0 aromatic heterocycles. The first-order chi connectivity index (χ1) is 40.8. The molecule has 0 unspecified atom stereocenters. The number of nitrogens with one attached hydrogen (secondary N) is 7. The van der Waals surface area contributed by atoms with Gasteiger partial charge in [-0.15, -0.1) is 0 Å². The molecule has 0 aliphatic rings. The zero-order valence-electron chi connectivity index (χ0n) is 48.2. The topological polar surface area (TPSA) is 451 Å². The van der Waals surface area contributed by atoms with Gasteiger partial charge in [0, 0.05) is 22.7 Å². The number of methoxy groups -OCH3 is 3.